The molecule has 1 saturated carbocycles. The summed E-state index contributed by atoms with van der Waals surface area (Å²) >= 11 is 2.10. The molecule has 88 valence electrons. The molecular formula is C11H19IO3. The molecule has 0 N–H and O–H groups in total. The number of alkyl halides is 1. The molecule has 0 bridgehead atoms. The lowest BCUT2D eigenvalue weighted by molar-refractivity contribution is -0.0110. The molecule has 0 heterocycles. The lowest BCUT2D eigenvalue weighted by atomic mass is 9.88. The fraction of sp³-hybridized carbons (Fsp3) is 0.909. The first kappa shape index (κ1) is 13.1. The van der Waals surface area contributed by atoms with Gasteiger partial charge in [-0.15, -0.1) is 0 Å². The number of hydrogen-bond donors (Lipinski definition) is 0. The van der Waals surface area contributed by atoms with E-state index in [1.807, 2.05) is 6.92 Å². The highest BCUT2D eigenvalue weighted by Gasteiger charge is 2.25. The van der Waals surface area contributed by atoms with Crippen LogP contribution in [0.4, 0.5) is 4.79 Å². The lowest BCUT2D eigenvalue weighted by Crippen LogP contribution is -2.29. The molecule has 0 radical (unpaired) electrons. The first-order valence-electron chi connectivity index (χ1n) is 5.64. The van der Waals surface area contributed by atoms with Crippen LogP contribution in [0.25, 0.3) is 0 Å². The average molecular weight is 326 g/mol. The standard InChI is InChI=1S/C11H19IO3/c1-3-10(12)15-11(13)14-9-7-5-4-6-8(9)2/h8-10H,3-7H2,1-2H3. The van der Waals surface area contributed by atoms with E-state index in [2.05, 4.69) is 29.5 Å². The van der Waals surface area contributed by atoms with Crippen molar-refractivity contribution < 1.29 is 14.3 Å². The predicted octanol–water partition coefficient (Wildman–Crippen LogP) is 3.89. The molecule has 0 aromatic heterocycles. The second kappa shape index (κ2) is 6.55. The van der Waals surface area contributed by atoms with Crippen LogP contribution in [-0.4, -0.2) is 16.4 Å². The first-order chi connectivity index (χ1) is 7.13. The molecule has 0 spiro atoms. The quantitative estimate of drug-likeness (QED) is 0.448. The van der Waals surface area contributed by atoms with Crippen molar-refractivity contribution >= 4 is 28.7 Å². The van der Waals surface area contributed by atoms with Crippen LogP contribution in [0.5, 0.6) is 0 Å². The van der Waals surface area contributed by atoms with Gasteiger partial charge in [-0.05, 0) is 54.2 Å². The molecule has 15 heavy (non-hydrogen) atoms. The number of ether oxygens (including phenoxy) is 2. The molecule has 1 aliphatic rings. The number of carbonyl (C=O) groups excluding carboxylic acids is 1. The minimum Gasteiger partial charge on any atom is -0.431 e. The van der Waals surface area contributed by atoms with Crippen molar-refractivity contribution in [3.63, 3.8) is 0 Å². The SMILES string of the molecule is CCC(I)OC(=O)OC1CCCCC1C. The summed E-state index contributed by atoms with van der Waals surface area (Å²) in [5, 5.41) is 0. The predicted molar refractivity (Wildman–Crippen MR) is 67.1 cm³/mol. The van der Waals surface area contributed by atoms with Gasteiger partial charge in [-0.25, -0.2) is 4.79 Å². The maximum Gasteiger partial charge on any atom is 0.509 e. The van der Waals surface area contributed by atoms with Crippen LogP contribution in [0.3, 0.4) is 0 Å². The van der Waals surface area contributed by atoms with Crippen molar-refractivity contribution in [1.82, 2.24) is 0 Å². The van der Waals surface area contributed by atoms with Gasteiger partial charge >= 0.3 is 6.16 Å². The van der Waals surface area contributed by atoms with E-state index in [0.717, 1.165) is 25.7 Å². The fourth-order valence-corrected chi connectivity index (χ4v) is 2.00. The molecule has 3 nitrogen and oxygen atoms in total. The summed E-state index contributed by atoms with van der Waals surface area (Å²) in [6.45, 7) is 4.12. The highest BCUT2D eigenvalue weighted by Crippen LogP contribution is 2.26. The van der Waals surface area contributed by atoms with Crippen molar-refractivity contribution in [2.75, 3.05) is 0 Å². The van der Waals surface area contributed by atoms with Gasteiger partial charge in [0.15, 0.2) is 4.11 Å². The van der Waals surface area contributed by atoms with E-state index in [4.69, 9.17) is 9.47 Å². The van der Waals surface area contributed by atoms with Crippen LogP contribution < -0.4 is 0 Å². The van der Waals surface area contributed by atoms with Crippen molar-refractivity contribution in [2.45, 2.75) is 56.2 Å². The normalized spacial score (nSPS) is 28.2. The van der Waals surface area contributed by atoms with Crippen LogP contribution in [0.1, 0.15) is 46.0 Å². The smallest absolute Gasteiger partial charge is 0.431 e. The number of rotatable bonds is 3. The van der Waals surface area contributed by atoms with Gasteiger partial charge in [0.25, 0.3) is 0 Å². The molecule has 0 amide bonds. The van der Waals surface area contributed by atoms with Crippen LogP contribution in [0, 0.1) is 5.92 Å². The highest BCUT2D eigenvalue weighted by molar-refractivity contribution is 14.1. The maximum atomic E-state index is 11.4. The molecule has 0 aromatic carbocycles. The second-order valence-corrected chi connectivity index (χ2v) is 5.49. The Bertz CT molecular complexity index is 208. The van der Waals surface area contributed by atoms with E-state index in [1.165, 1.54) is 6.42 Å². The van der Waals surface area contributed by atoms with Crippen molar-refractivity contribution in [3.8, 4) is 0 Å². The molecule has 1 aliphatic carbocycles. The van der Waals surface area contributed by atoms with Crippen LogP contribution in [0.15, 0.2) is 0 Å². The van der Waals surface area contributed by atoms with Crippen LogP contribution in [0.2, 0.25) is 0 Å². The zero-order valence-corrected chi connectivity index (χ0v) is 11.5. The Hall–Kier alpha value is 0. The Kier molecular flexibility index (Phi) is 5.71. The van der Waals surface area contributed by atoms with Gasteiger partial charge in [0, 0.05) is 0 Å². The Balaban J connectivity index is 2.29. The molecular weight excluding hydrogens is 307 g/mol. The topological polar surface area (TPSA) is 35.5 Å². The monoisotopic (exact) mass is 326 g/mol. The number of carbonyl (C=O) groups is 1. The minimum atomic E-state index is -0.505. The Morgan fingerprint density at radius 3 is 2.73 bits per heavy atom. The molecule has 0 aromatic rings. The molecule has 3 atom stereocenters. The van der Waals surface area contributed by atoms with E-state index in [9.17, 15) is 4.79 Å². The fourth-order valence-electron chi connectivity index (χ4n) is 1.80. The van der Waals surface area contributed by atoms with Crippen LogP contribution >= 0.6 is 22.6 Å². The van der Waals surface area contributed by atoms with E-state index in [-0.39, 0.29) is 10.2 Å². The van der Waals surface area contributed by atoms with Gasteiger partial charge in [0.05, 0.1) is 0 Å². The third-order valence-electron chi connectivity index (χ3n) is 2.83. The third kappa shape index (κ3) is 4.57. The van der Waals surface area contributed by atoms with Gasteiger partial charge in [0.2, 0.25) is 0 Å². The van der Waals surface area contributed by atoms with Crippen molar-refractivity contribution in [2.24, 2.45) is 5.92 Å². The minimum absolute atomic E-state index is 0.0618. The molecule has 1 rings (SSSR count). The van der Waals surface area contributed by atoms with E-state index >= 15 is 0 Å². The Morgan fingerprint density at radius 2 is 2.13 bits per heavy atom. The third-order valence-corrected chi connectivity index (χ3v) is 3.96. The summed E-state index contributed by atoms with van der Waals surface area (Å²) < 4.78 is 10.3. The summed E-state index contributed by atoms with van der Waals surface area (Å²) in [5.41, 5.74) is 0. The molecule has 1 fully saturated rings. The zero-order chi connectivity index (χ0) is 11.3. The average Bonchev–Trinajstić information content (AvgIpc) is 2.21. The summed E-state index contributed by atoms with van der Waals surface area (Å²) in [4.78, 5) is 11.4. The molecule has 0 saturated heterocycles. The number of halogens is 1. The first-order valence-corrected chi connectivity index (χ1v) is 6.89. The van der Waals surface area contributed by atoms with Gasteiger partial charge < -0.3 is 9.47 Å². The van der Waals surface area contributed by atoms with E-state index in [1.54, 1.807) is 0 Å². The maximum absolute atomic E-state index is 11.4. The van der Waals surface area contributed by atoms with Gasteiger partial charge in [0.1, 0.15) is 6.10 Å². The summed E-state index contributed by atoms with van der Waals surface area (Å²) in [7, 11) is 0. The Labute approximate surface area is 105 Å². The van der Waals surface area contributed by atoms with Crippen LogP contribution in [-0.2, 0) is 9.47 Å². The molecule has 4 heteroatoms. The zero-order valence-electron chi connectivity index (χ0n) is 9.37. The Morgan fingerprint density at radius 1 is 1.47 bits per heavy atom. The molecule has 0 aliphatic heterocycles. The van der Waals surface area contributed by atoms with Gasteiger partial charge in [-0.1, -0.05) is 20.3 Å². The second-order valence-electron chi connectivity index (χ2n) is 4.10. The highest BCUT2D eigenvalue weighted by atomic mass is 127. The van der Waals surface area contributed by atoms with Gasteiger partial charge in [-0.3, -0.25) is 0 Å². The van der Waals surface area contributed by atoms with Gasteiger partial charge in [-0.2, -0.15) is 0 Å². The lowest BCUT2D eigenvalue weighted by Gasteiger charge is -2.28. The summed E-state index contributed by atoms with van der Waals surface area (Å²) in [5.74, 6) is 0.473. The van der Waals surface area contributed by atoms with E-state index < -0.39 is 6.16 Å². The molecule has 3 unspecified atom stereocenters. The van der Waals surface area contributed by atoms with Crippen molar-refractivity contribution in [1.29, 1.82) is 0 Å². The number of hydrogen-bond acceptors (Lipinski definition) is 3. The summed E-state index contributed by atoms with van der Waals surface area (Å²) in [6, 6.07) is 0. The largest absolute Gasteiger partial charge is 0.509 e. The summed E-state index contributed by atoms with van der Waals surface area (Å²) in [6.07, 6.45) is 4.91. The van der Waals surface area contributed by atoms with Crippen molar-refractivity contribution in [3.05, 3.63) is 0 Å². The van der Waals surface area contributed by atoms with E-state index in [0.29, 0.717) is 5.92 Å².